The van der Waals surface area contributed by atoms with Crippen molar-refractivity contribution in [3.63, 3.8) is 0 Å². The molecule has 2 aliphatic heterocycles. The summed E-state index contributed by atoms with van der Waals surface area (Å²) in [7, 11) is 0. The number of hydrogen-bond donors (Lipinski definition) is 1. The third kappa shape index (κ3) is 6.34. The second-order valence-electron chi connectivity index (χ2n) is 10.5. The fourth-order valence-corrected chi connectivity index (χ4v) is 6.09. The van der Waals surface area contributed by atoms with E-state index < -0.39 is 11.6 Å². The lowest BCUT2D eigenvalue weighted by Gasteiger charge is -2.21. The second-order valence-corrected chi connectivity index (χ2v) is 11.3. The van der Waals surface area contributed by atoms with Gasteiger partial charge >= 0.3 is 5.97 Å². The predicted molar refractivity (Wildman–Crippen MR) is 152 cm³/mol. The summed E-state index contributed by atoms with van der Waals surface area (Å²) in [6.45, 7) is 6.06. The number of alkyl halides is 1. The molecule has 0 spiro atoms. The molecule has 5 rings (SSSR count). The van der Waals surface area contributed by atoms with Gasteiger partial charge in [-0.15, -0.1) is 0 Å². The van der Waals surface area contributed by atoms with Crippen LogP contribution in [-0.2, 0) is 11.4 Å². The Balaban J connectivity index is 1.24. The lowest BCUT2D eigenvalue weighted by molar-refractivity contribution is -0.137. The molecular formula is C31H34FNO5S. The number of aliphatic carboxylic acids is 1. The fraction of sp³-hybridized carbons (Fsp3) is 0.387. The number of carboxylic acid groups (broad SMARTS) is 1. The SMILES string of the molecule is CSN1CCC(F)(COc2cc(C)c(-c3cccc(COc4ccc5c(c4)OCC5CC(=O)O)c3)c(C)c2)C1. The smallest absolute Gasteiger partial charge is 0.304 e. The number of aryl methyl sites for hydroxylation is 2. The molecule has 206 valence electrons. The van der Waals surface area contributed by atoms with Crippen molar-refractivity contribution in [2.45, 2.75) is 44.9 Å². The minimum Gasteiger partial charge on any atom is -0.492 e. The Labute approximate surface area is 233 Å². The molecule has 0 aliphatic carbocycles. The minimum atomic E-state index is -1.32. The van der Waals surface area contributed by atoms with Crippen molar-refractivity contribution in [3.8, 4) is 28.4 Å². The number of halogens is 1. The van der Waals surface area contributed by atoms with Crippen molar-refractivity contribution in [3.05, 3.63) is 76.9 Å². The molecule has 0 bridgehead atoms. The van der Waals surface area contributed by atoms with Crippen molar-refractivity contribution in [2.24, 2.45) is 0 Å². The molecule has 0 amide bonds. The van der Waals surface area contributed by atoms with Gasteiger partial charge in [0, 0.05) is 30.6 Å². The van der Waals surface area contributed by atoms with Gasteiger partial charge in [-0.05, 0) is 78.6 Å². The van der Waals surface area contributed by atoms with E-state index in [1.165, 1.54) is 0 Å². The molecule has 0 saturated carbocycles. The second kappa shape index (κ2) is 11.5. The van der Waals surface area contributed by atoms with Gasteiger partial charge in [0.05, 0.1) is 13.0 Å². The summed E-state index contributed by atoms with van der Waals surface area (Å²) >= 11 is 1.58. The number of benzene rings is 3. The Morgan fingerprint density at radius 3 is 2.64 bits per heavy atom. The molecule has 6 nitrogen and oxygen atoms in total. The maximum absolute atomic E-state index is 15.1. The standard InChI is InChI=1S/C31H34FNO5S/c1-20-11-26(38-19-31(32)9-10-33(18-31)39-3)12-21(2)30(20)23-6-4-5-22(13-23)16-36-25-7-8-27-24(14-29(34)35)17-37-28(27)15-25/h4-8,11-13,15,24H,9-10,14,16-19H2,1-3H3,(H,34,35). The maximum atomic E-state index is 15.1. The largest absolute Gasteiger partial charge is 0.492 e. The van der Waals surface area contributed by atoms with Crippen molar-refractivity contribution >= 4 is 17.9 Å². The molecular weight excluding hydrogens is 517 g/mol. The molecule has 2 heterocycles. The third-order valence-corrected chi connectivity index (χ3v) is 8.27. The summed E-state index contributed by atoms with van der Waals surface area (Å²) in [4.78, 5) is 11.1. The average molecular weight is 552 g/mol. The van der Waals surface area contributed by atoms with Gasteiger partial charge in [0.1, 0.15) is 30.5 Å². The number of rotatable bonds is 10. The predicted octanol–water partition coefficient (Wildman–Crippen LogP) is 6.57. The summed E-state index contributed by atoms with van der Waals surface area (Å²) in [5, 5.41) is 9.10. The van der Waals surface area contributed by atoms with Gasteiger partial charge < -0.3 is 19.3 Å². The van der Waals surface area contributed by atoms with E-state index in [4.69, 9.17) is 19.3 Å². The maximum Gasteiger partial charge on any atom is 0.304 e. The lowest BCUT2D eigenvalue weighted by Crippen LogP contribution is -2.33. The number of ether oxygens (including phenoxy) is 3. The molecule has 2 atom stereocenters. The topological polar surface area (TPSA) is 68.2 Å². The van der Waals surface area contributed by atoms with Crippen LogP contribution in [0.5, 0.6) is 17.2 Å². The van der Waals surface area contributed by atoms with E-state index in [0.717, 1.165) is 39.9 Å². The van der Waals surface area contributed by atoms with Crippen LogP contribution in [0.25, 0.3) is 11.1 Å². The van der Waals surface area contributed by atoms with Crippen LogP contribution >= 0.6 is 11.9 Å². The average Bonchev–Trinajstić information content (AvgIpc) is 3.49. The Hall–Kier alpha value is -3.23. The normalized spacial score (nSPS) is 20.5. The zero-order valence-corrected chi connectivity index (χ0v) is 23.4. The molecule has 2 unspecified atom stereocenters. The van der Waals surface area contributed by atoms with Crippen LogP contribution in [0.4, 0.5) is 4.39 Å². The number of fused-ring (bicyclic) bond motifs is 1. The molecule has 0 aromatic heterocycles. The molecule has 1 N–H and O–H groups in total. The van der Waals surface area contributed by atoms with Gasteiger partial charge in [0.2, 0.25) is 0 Å². The van der Waals surface area contributed by atoms with Crippen molar-refractivity contribution in [1.29, 1.82) is 0 Å². The summed E-state index contributed by atoms with van der Waals surface area (Å²) in [5.41, 5.74) is 4.97. The summed E-state index contributed by atoms with van der Waals surface area (Å²) in [6, 6.07) is 17.8. The van der Waals surface area contributed by atoms with E-state index in [0.29, 0.717) is 43.4 Å². The molecule has 2 aliphatic rings. The van der Waals surface area contributed by atoms with Gasteiger partial charge in [0.15, 0.2) is 5.67 Å². The van der Waals surface area contributed by atoms with Crippen LogP contribution in [0.2, 0.25) is 0 Å². The molecule has 3 aromatic rings. The highest BCUT2D eigenvalue weighted by atomic mass is 32.2. The van der Waals surface area contributed by atoms with E-state index in [9.17, 15) is 4.79 Å². The minimum absolute atomic E-state index is 0.0551. The van der Waals surface area contributed by atoms with Crippen molar-refractivity contribution < 1.29 is 28.5 Å². The third-order valence-electron chi connectivity index (χ3n) is 7.44. The molecule has 3 aromatic carbocycles. The summed E-state index contributed by atoms with van der Waals surface area (Å²) < 4.78 is 34.9. The first-order valence-electron chi connectivity index (χ1n) is 13.2. The highest BCUT2D eigenvalue weighted by molar-refractivity contribution is 7.96. The molecule has 8 heteroatoms. The first kappa shape index (κ1) is 27.3. The van der Waals surface area contributed by atoms with Gasteiger partial charge in [-0.25, -0.2) is 8.70 Å². The first-order valence-corrected chi connectivity index (χ1v) is 14.3. The Morgan fingerprint density at radius 1 is 1.13 bits per heavy atom. The monoisotopic (exact) mass is 551 g/mol. The van der Waals surface area contributed by atoms with Crippen LogP contribution in [0.15, 0.2) is 54.6 Å². The molecule has 0 radical (unpaired) electrons. The van der Waals surface area contributed by atoms with Crippen LogP contribution < -0.4 is 14.2 Å². The number of hydrogen-bond acceptors (Lipinski definition) is 6. The van der Waals surface area contributed by atoms with Gasteiger partial charge in [-0.3, -0.25) is 4.79 Å². The van der Waals surface area contributed by atoms with Gasteiger partial charge in [0.25, 0.3) is 0 Å². The van der Waals surface area contributed by atoms with Crippen LogP contribution in [-0.4, -0.2) is 53.6 Å². The quantitative estimate of drug-likeness (QED) is 0.286. The Bertz CT molecular complexity index is 1340. The van der Waals surface area contributed by atoms with Gasteiger partial charge in [-0.2, -0.15) is 0 Å². The summed E-state index contributed by atoms with van der Waals surface area (Å²) in [5.74, 6) is 1.10. The Kier molecular flexibility index (Phi) is 8.05. The van der Waals surface area contributed by atoms with E-state index in [-0.39, 0.29) is 18.9 Å². The number of carboxylic acids is 1. The zero-order chi connectivity index (χ0) is 27.6. The molecule has 1 fully saturated rings. The lowest BCUT2D eigenvalue weighted by atomic mass is 9.94. The van der Waals surface area contributed by atoms with E-state index >= 15 is 4.39 Å². The van der Waals surface area contributed by atoms with Crippen LogP contribution in [0.1, 0.15) is 41.0 Å². The highest BCUT2D eigenvalue weighted by Crippen LogP contribution is 2.39. The fourth-order valence-electron chi connectivity index (χ4n) is 5.46. The zero-order valence-electron chi connectivity index (χ0n) is 22.5. The van der Waals surface area contributed by atoms with Crippen molar-refractivity contribution in [1.82, 2.24) is 4.31 Å². The van der Waals surface area contributed by atoms with Crippen molar-refractivity contribution in [2.75, 3.05) is 32.6 Å². The van der Waals surface area contributed by atoms with E-state index in [2.05, 4.69) is 26.0 Å². The van der Waals surface area contributed by atoms with Crippen LogP contribution in [0, 0.1) is 13.8 Å². The van der Waals surface area contributed by atoms with Gasteiger partial charge in [-0.1, -0.05) is 36.2 Å². The number of nitrogens with zero attached hydrogens (tertiary/aromatic N) is 1. The molecule has 39 heavy (non-hydrogen) atoms. The van der Waals surface area contributed by atoms with E-state index in [1.807, 2.05) is 53.0 Å². The van der Waals surface area contributed by atoms with E-state index in [1.54, 1.807) is 11.9 Å². The van der Waals surface area contributed by atoms with Crippen LogP contribution in [0.3, 0.4) is 0 Å². The summed E-state index contributed by atoms with van der Waals surface area (Å²) in [6.07, 6.45) is 2.52. The number of carbonyl (C=O) groups is 1. The molecule has 1 saturated heterocycles. The first-order chi connectivity index (χ1) is 18.7. The Morgan fingerprint density at radius 2 is 1.92 bits per heavy atom. The highest BCUT2D eigenvalue weighted by Gasteiger charge is 2.39.